The van der Waals surface area contributed by atoms with E-state index in [2.05, 4.69) is 108 Å². The molecule has 0 bridgehead atoms. The summed E-state index contributed by atoms with van der Waals surface area (Å²) in [6, 6.07) is 54.5. The van der Waals surface area contributed by atoms with Crippen LogP contribution in [0, 0.1) is 0 Å². The number of aromatic nitrogens is 3. The minimum Gasteiger partial charge on any atom is -0.456 e. The highest BCUT2D eigenvalue weighted by molar-refractivity contribution is 6.18. The molecule has 11 aromatic rings. The van der Waals surface area contributed by atoms with Crippen LogP contribution < -0.4 is 4.90 Å². The van der Waals surface area contributed by atoms with E-state index in [9.17, 15) is 0 Å². The maximum absolute atomic E-state index is 6.54. The lowest BCUT2D eigenvalue weighted by molar-refractivity contribution is 0.668. The Morgan fingerprint density at radius 3 is 1.96 bits per heavy atom. The summed E-state index contributed by atoms with van der Waals surface area (Å²) in [6.07, 6.45) is 0. The van der Waals surface area contributed by atoms with Crippen LogP contribution in [0.1, 0.15) is 0 Å². The van der Waals surface area contributed by atoms with Crippen molar-refractivity contribution in [1.82, 2.24) is 15.0 Å². The number of furan rings is 2. The first-order chi connectivity index (χ1) is 26.3. The average molecular weight is 679 g/mol. The lowest BCUT2D eigenvalue weighted by Gasteiger charge is -2.33. The van der Waals surface area contributed by atoms with Crippen molar-refractivity contribution in [1.29, 1.82) is 0 Å². The van der Waals surface area contributed by atoms with Gasteiger partial charge in [-0.3, -0.25) is 4.90 Å². The number of benzene rings is 8. The Morgan fingerprint density at radius 2 is 1.08 bits per heavy atom. The van der Waals surface area contributed by atoms with Gasteiger partial charge in [-0.15, -0.1) is 0 Å². The van der Waals surface area contributed by atoms with Crippen LogP contribution in [0.2, 0.25) is 0 Å². The van der Waals surface area contributed by atoms with Crippen LogP contribution in [-0.4, -0.2) is 15.0 Å². The molecule has 6 nitrogen and oxygen atoms in total. The molecule has 0 atom stereocenters. The van der Waals surface area contributed by atoms with E-state index in [1.165, 1.54) is 5.56 Å². The van der Waals surface area contributed by atoms with Crippen molar-refractivity contribution < 1.29 is 8.83 Å². The van der Waals surface area contributed by atoms with Crippen LogP contribution in [-0.2, 0) is 0 Å². The molecule has 0 unspecified atom stereocenters. The number of rotatable bonds is 3. The number of anilines is 3. The molecule has 0 radical (unpaired) electrons. The van der Waals surface area contributed by atoms with Crippen LogP contribution in [0.25, 0.3) is 99.3 Å². The van der Waals surface area contributed by atoms with Gasteiger partial charge in [-0.05, 0) is 52.7 Å². The van der Waals surface area contributed by atoms with Crippen molar-refractivity contribution in [2.24, 2.45) is 0 Å². The van der Waals surface area contributed by atoms with Crippen molar-refractivity contribution in [2.75, 3.05) is 4.90 Å². The molecule has 0 fully saturated rings. The highest BCUT2D eigenvalue weighted by atomic mass is 16.3. The van der Waals surface area contributed by atoms with Gasteiger partial charge in [0.1, 0.15) is 22.3 Å². The molecular weight excluding hydrogens is 653 g/mol. The maximum atomic E-state index is 6.54. The summed E-state index contributed by atoms with van der Waals surface area (Å²) >= 11 is 0. The van der Waals surface area contributed by atoms with Crippen molar-refractivity contribution >= 4 is 82.7 Å². The smallest absolute Gasteiger partial charge is 0.238 e. The highest BCUT2D eigenvalue weighted by Gasteiger charge is 2.30. The molecule has 0 saturated heterocycles. The quantitative estimate of drug-likeness (QED) is 0.185. The lowest BCUT2D eigenvalue weighted by Crippen LogP contribution is -2.19. The summed E-state index contributed by atoms with van der Waals surface area (Å²) < 4.78 is 12.9. The summed E-state index contributed by atoms with van der Waals surface area (Å²) in [6.45, 7) is 0. The summed E-state index contributed by atoms with van der Waals surface area (Å²) in [5.74, 6) is 1.57. The first-order valence-corrected chi connectivity index (χ1v) is 17.7. The number of fused-ring (bicyclic) bond motifs is 10. The fourth-order valence-corrected chi connectivity index (χ4v) is 8.28. The maximum Gasteiger partial charge on any atom is 0.238 e. The van der Waals surface area contributed by atoms with E-state index in [1.807, 2.05) is 54.6 Å². The molecular formula is C47H26N4O2. The zero-order chi connectivity index (χ0) is 34.6. The largest absolute Gasteiger partial charge is 0.456 e. The van der Waals surface area contributed by atoms with Gasteiger partial charge in [-0.1, -0.05) is 121 Å². The molecule has 8 aromatic carbocycles. The molecule has 0 spiro atoms. The van der Waals surface area contributed by atoms with Crippen molar-refractivity contribution in [3.8, 4) is 33.9 Å². The van der Waals surface area contributed by atoms with Gasteiger partial charge in [0.05, 0.1) is 16.9 Å². The molecule has 3 aromatic heterocycles. The van der Waals surface area contributed by atoms with Gasteiger partial charge < -0.3 is 8.83 Å². The van der Waals surface area contributed by atoms with Crippen molar-refractivity contribution in [2.45, 2.75) is 0 Å². The van der Waals surface area contributed by atoms with Gasteiger partial charge in [0, 0.05) is 43.4 Å². The molecule has 4 heterocycles. The zero-order valence-electron chi connectivity index (χ0n) is 28.1. The van der Waals surface area contributed by atoms with Gasteiger partial charge in [-0.25, -0.2) is 4.98 Å². The van der Waals surface area contributed by atoms with Crippen LogP contribution in [0.15, 0.2) is 167 Å². The van der Waals surface area contributed by atoms with E-state index in [-0.39, 0.29) is 0 Å². The monoisotopic (exact) mass is 678 g/mol. The number of hydrogen-bond donors (Lipinski definition) is 0. The Hall–Kier alpha value is -7.31. The topological polar surface area (TPSA) is 68.2 Å². The van der Waals surface area contributed by atoms with Crippen molar-refractivity contribution in [3.05, 3.63) is 158 Å². The molecule has 0 amide bonds. The van der Waals surface area contributed by atoms with E-state index < -0.39 is 0 Å². The molecule has 1 aliphatic heterocycles. The number of hydrogen-bond acceptors (Lipinski definition) is 6. The summed E-state index contributed by atoms with van der Waals surface area (Å²) in [5, 5.41) is 8.75. The SMILES string of the molecule is c1ccc2c3c(ccc2c1)-c1cccc2cccc(c12)N3c1nc(-c2ccc3c(c2)oc2ccccc23)nc(-c2cccc3c2oc2ccccc23)n1. The summed E-state index contributed by atoms with van der Waals surface area (Å²) in [5.41, 5.74) is 9.16. The van der Waals surface area contributed by atoms with Crippen LogP contribution >= 0.6 is 0 Å². The fourth-order valence-electron chi connectivity index (χ4n) is 8.28. The predicted octanol–water partition coefficient (Wildman–Crippen LogP) is 12.8. The van der Waals surface area contributed by atoms with Gasteiger partial charge in [0.2, 0.25) is 5.95 Å². The minimum absolute atomic E-state index is 0.516. The highest BCUT2D eigenvalue weighted by Crippen LogP contribution is 2.53. The third-order valence-electron chi connectivity index (χ3n) is 10.6. The standard InChI is InChI=1S/C47H26N4O2/c1-2-13-30-27(10-1)22-25-35-34-16-7-11-28-12-8-19-38(42(28)34)51(43(30)35)47-49-45(29-23-24-33-31-14-3-5-20-39(31)52-41(33)26-29)48-46(50-47)37-18-9-17-36-32-15-4-6-21-40(32)53-44(36)37/h1-26H. The van der Waals surface area contributed by atoms with Crippen molar-refractivity contribution in [3.63, 3.8) is 0 Å². The normalized spacial score (nSPS) is 12.5. The average Bonchev–Trinajstić information content (AvgIpc) is 3.79. The van der Waals surface area contributed by atoms with Crippen LogP contribution in [0.4, 0.5) is 17.3 Å². The molecule has 1 aliphatic rings. The molecule has 0 aliphatic carbocycles. The Kier molecular flexibility index (Phi) is 5.68. The van der Waals surface area contributed by atoms with E-state index >= 15 is 0 Å². The lowest BCUT2D eigenvalue weighted by atomic mass is 9.89. The summed E-state index contributed by atoms with van der Waals surface area (Å²) in [4.78, 5) is 18.1. The minimum atomic E-state index is 0.516. The second-order valence-corrected chi connectivity index (χ2v) is 13.6. The van der Waals surface area contributed by atoms with Crippen LogP contribution in [0.5, 0.6) is 0 Å². The second kappa shape index (κ2) is 10.6. The van der Waals surface area contributed by atoms with Gasteiger partial charge in [0.15, 0.2) is 11.6 Å². The fraction of sp³-hybridized carbons (Fsp3) is 0. The Labute approximate surface area is 302 Å². The van der Waals surface area contributed by atoms with Gasteiger partial charge >= 0.3 is 0 Å². The predicted molar refractivity (Wildman–Crippen MR) is 214 cm³/mol. The first-order valence-electron chi connectivity index (χ1n) is 17.7. The molecule has 0 N–H and O–H groups in total. The van der Waals surface area contributed by atoms with E-state index in [0.29, 0.717) is 17.6 Å². The molecule has 53 heavy (non-hydrogen) atoms. The summed E-state index contributed by atoms with van der Waals surface area (Å²) in [7, 11) is 0. The third kappa shape index (κ3) is 4.06. The van der Waals surface area contributed by atoms with Crippen LogP contribution in [0.3, 0.4) is 0 Å². The molecule has 0 saturated carbocycles. The number of nitrogens with zero attached hydrogens (tertiary/aromatic N) is 4. The second-order valence-electron chi connectivity index (χ2n) is 13.6. The Morgan fingerprint density at radius 1 is 0.415 bits per heavy atom. The van der Waals surface area contributed by atoms with Gasteiger partial charge in [-0.2, -0.15) is 9.97 Å². The van der Waals surface area contributed by atoms with E-state index in [4.69, 9.17) is 23.8 Å². The molecule has 12 rings (SSSR count). The van der Waals surface area contributed by atoms with E-state index in [0.717, 1.165) is 93.5 Å². The number of para-hydroxylation sites is 3. The Balaban J connectivity index is 1.18. The van der Waals surface area contributed by atoms with Gasteiger partial charge in [0.25, 0.3) is 0 Å². The third-order valence-corrected chi connectivity index (χ3v) is 10.6. The Bertz CT molecular complexity index is 3320. The molecule has 246 valence electrons. The first kappa shape index (κ1) is 28.4. The molecule has 6 heteroatoms. The zero-order valence-corrected chi connectivity index (χ0v) is 28.1. The van der Waals surface area contributed by atoms with E-state index in [1.54, 1.807) is 0 Å².